The van der Waals surface area contributed by atoms with Crippen LogP contribution in [0.3, 0.4) is 0 Å². The molecule has 1 N–H and O–H groups in total. The van der Waals surface area contributed by atoms with Gasteiger partial charge in [-0.05, 0) is 29.5 Å². The average molecular weight is 294 g/mol. The van der Waals surface area contributed by atoms with Crippen LogP contribution in [0.5, 0.6) is 5.88 Å². The molecule has 8 heteroatoms. The minimum Gasteiger partial charge on any atom is -0.493 e. The van der Waals surface area contributed by atoms with Gasteiger partial charge in [-0.1, -0.05) is 16.7 Å². The number of hydrogen-bond acceptors (Lipinski definition) is 5. The van der Waals surface area contributed by atoms with Gasteiger partial charge < -0.3 is 9.84 Å². The Morgan fingerprint density at radius 2 is 2.20 bits per heavy atom. The summed E-state index contributed by atoms with van der Waals surface area (Å²) in [5.41, 5.74) is 8.41. The predicted octanol–water partition coefficient (Wildman–Crippen LogP) is 3.16. The molecule has 104 valence electrons. The van der Waals surface area contributed by atoms with Crippen LogP contribution >= 0.6 is 11.6 Å². The number of aromatic nitrogens is 2. The fourth-order valence-electron chi connectivity index (χ4n) is 2.07. The second-order valence-corrected chi connectivity index (χ2v) is 4.83. The van der Waals surface area contributed by atoms with Crippen LogP contribution < -0.4 is 0 Å². The maximum Gasteiger partial charge on any atom is 0.220 e. The van der Waals surface area contributed by atoms with Gasteiger partial charge in [-0.2, -0.15) is 0 Å². The molecule has 0 spiro atoms. The largest absolute Gasteiger partial charge is 0.493 e. The lowest BCUT2D eigenvalue weighted by molar-refractivity contribution is 0.141. The monoisotopic (exact) mass is 293 g/mol. The molecule has 0 aliphatic carbocycles. The summed E-state index contributed by atoms with van der Waals surface area (Å²) in [4.78, 5) is 10.7. The van der Waals surface area contributed by atoms with Gasteiger partial charge in [-0.15, -0.1) is 0 Å². The highest BCUT2D eigenvalue weighted by atomic mass is 35.5. The predicted molar refractivity (Wildman–Crippen MR) is 74.6 cm³/mol. The van der Waals surface area contributed by atoms with E-state index in [-0.39, 0.29) is 17.6 Å². The lowest BCUT2D eigenvalue weighted by atomic mass is 9.91. The van der Waals surface area contributed by atoms with E-state index in [9.17, 15) is 5.11 Å². The molecule has 0 aliphatic rings. The molecule has 0 aliphatic heterocycles. The van der Waals surface area contributed by atoms with Crippen LogP contribution in [0.25, 0.3) is 21.2 Å². The number of fused-ring (bicyclic) bond motifs is 1. The number of rotatable bonds is 4. The van der Waals surface area contributed by atoms with Gasteiger partial charge in [0.25, 0.3) is 0 Å². The van der Waals surface area contributed by atoms with E-state index in [1.54, 1.807) is 13.0 Å². The maximum atomic E-state index is 9.78. The van der Waals surface area contributed by atoms with Gasteiger partial charge >= 0.3 is 0 Å². The van der Waals surface area contributed by atoms with Gasteiger partial charge in [0.1, 0.15) is 5.15 Å². The summed E-state index contributed by atoms with van der Waals surface area (Å²) >= 11 is 5.90. The third-order valence-electron chi connectivity index (χ3n) is 2.99. The summed E-state index contributed by atoms with van der Waals surface area (Å²) in [5, 5.41) is 14.9. The third kappa shape index (κ3) is 2.46. The van der Waals surface area contributed by atoms with Crippen LogP contribution in [-0.4, -0.2) is 28.8 Å². The van der Waals surface area contributed by atoms with E-state index in [0.717, 1.165) is 0 Å². The summed E-state index contributed by atoms with van der Waals surface area (Å²) in [5.74, 6) is -0.159. The highest BCUT2D eigenvalue weighted by molar-refractivity contribution is 6.30. The van der Waals surface area contributed by atoms with E-state index in [0.29, 0.717) is 16.3 Å². The van der Waals surface area contributed by atoms with E-state index in [2.05, 4.69) is 20.0 Å². The van der Waals surface area contributed by atoms with Gasteiger partial charge in [0.2, 0.25) is 5.88 Å². The molecule has 0 amide bonds. The minimum absolute atomic E-state index is 0.159. The zero-order valence-electron chi connectivity index (χ0n) is 10.9. The van der Waals surface area contributed by atoms with Crippen LogP contribution in [0.4, 0.5) is 0 Å². The number of aromatic hydroxyl groups is 1. The van der Waals surface area contributed by atoms with Crippen LogP contribution in [-0.2, 0) is 10.3 Å². The number of ether oxygens (including phenoxy) is 1. The van der Waals surface area contributed by atoms with E-state index >= 15 is 0 Å². The SMILES string of the molecule is COCC(C)(N=[N+]=[N-])c1cnc(O)c2cnc(Cl)cc12. The van der Waals surface area contributed by atoms with Crippen molar-refractivity contribution < 1.29 is 9.84 Å². The molecule has 0 bridgehead atoms. The van der Waals surface area contributed by atoms with Crippen molar-refractivity contribution in [2.75, 3.05) is 13.7 Å². The summed E-state index contributed by atoms with van der Waals surface area (Å²) in [6, 6.07) is 1.59. The first-order chi connectivity index (χ1) is 9.51. The zero-order chi connectivity index (χ0) is 14.8. The zero-order valence-corrected chi connectivity index (χ0v) is 11.7. The van der Waals surface area contributed by atoms with Crippen LogP contribution in [0.15, 0.2) is 23.6 Å². The highest BCUT2D eigenvalue weighted by Crippen LogP contribution is 2.35. The highest BCUT2D eigenvalue weighted by Gasteiger charge is 2.29. The standard InChI is InChI=1S/C12H12ClN5O2/c1-12(6-20-2,17-18-14)9-5-16-11(19)8-4-15-10(13)3-7(8)9/h3-5H,6H2,1-2H3,(H,16,19). The molecule has 20 heavy (non-hydrogen) atoms. The van der Waals surface area contributed by atoms with E-state index in [4.69, 9.17) is 21.9 Å². The van der Waals surface area contributed by atoms with Crippen molar-refractivity contribution in [1.29, 1.82) is 0 Å². The molecule has 0 aromatic carbocycles. The number of nitrogens with zero attached hydrogens (tertiary/aromatic N) is 5. The summed E-state index contributed by atoms with van der Waals surface area (Å²) < 4.78 is 5.12. The molecule has 1 atom stereocenters. The van der Waals surface area contributed by atoms with Crippen LogP contribution in [0, 0.1) is 0 Å². The van der Waals surface area contributed by atoms with Crippen molar-refractivity contribution in [2.24, 2.45) is 5.11 Å². The Kier molecular flexibility index (Phi) is 3.94. The third-order valence-corrected chi connectivity index (χ3v) is 3.20. The molecule has 7 nitrogen and oxygen atoms in total. The molecule has 0 saturated heterocycles. The molecular weight excluding hydrogens is 282 g/mol. The van der Waals surface area contributed by atoms with Crippen molar-refractivity contribution in [3.8, 4) is 5.88 Å². The second-order valence-electron chi connectivity index (χ2n) is 4.44. The molecule has 0 fully saturated rings. The Labute approximate surface area is 119 Å². The van der Waals surface area contributed by atoms with Gasteiger partial charge in [0.15, 0.2) is 0 Å². The van der Waals surface area contributed by atoms with Gasteiger partial charge in [0.05, 0.1) is 17.5 Å². The van der Waals surface area contributed by atoms with Gasteiger partial charge in [-0.3, -0.25) is 0 Å². The van der Waals surface area contributed by atoms with Crippen LogP contribution in [0.1, 0.15) is 12.5 Å². The van der Waals surface area contributed by atoms with Crippen molar-refractivity contribution in [1.82, 2.24) is 9.97 Å². The smallest absolute Gasteiger partial charge is 0.220 e. The van der Waals surface area contributed by atoms with Crippen molar-refractivity contribution in [3.63, 3.8) is 0 Å². The number of azide groups is 1. The van der Waals surface area contributed by atoms with Gasteiger partial charge in [0, 0.05) is 24.4 Å². The number of pyridine rings is 2. The van der Waals surface area contributed by atoms with E-state index in [1.165, 1.54) is 19.5 Å². The van der Waals surface area contributed by atoms with Crippen molar-refractivity contribution in [2.45, 2.75) is 12.5 Å². The Morgan fingerprint density at radius 1 is 1.45 bits per heavy atom. The Hall–Kier alpha value is -2.08. The second kappa shape index (κ2) is 5.50. The molecule has 0 saturated carbocycles. The lowest BCUT2D eigenvalue weighted by Gasteiger charge is -2.24. The number of methoxy groups -OCH3 is 1. The molecule has 2 heterocycles. The quantitative estimate of drug-likeness (QED) is 0.404. The first-order valence-electron chi connectivity index (χ1n) is 5.70. The molecule has 2 aromatic heterocycles. The number of hydrogen-bond donors (Lipinski definition) is 1. The van der Waals surface area contributed by atoms with E-state index < -0.39 is 5.54 Å². The Bertz CT molecular complexity index is 702. The van der Waals surface area contributed by atoms with Crippen molar-refractivity contribution >= 4 is 22.4 Å². The van der Waals surface area contributed by atoms with Gasteiger partial charge in [-0.25, -0.2) is 9.97 Å². The maximum absolute atomic E-state index is 9.78. The molecule has 0 radical (unpaired) electrons. The lowest BCUT2D eigenvalue weighted by Crippen LogP contribution is -2.25. The first-order valence-corrected chi connectivity index (χ1v) is 6.08. The first kappa shape index (κ1) is 14.3. The topological polar surface area (TPSA) is 104 Å². The number of halogens is 1. The Balaban J connectivity index is 2.79. The minimum atomic E-state index is -0.965. The molecule has 2 rings (SSSR count). The molecular formula is C12H12ClN5O2. The Morgan fingerprint density at radius 3 is 2.85 bits per heavy atom. The normalized spacial score (nSPS) is 13.8. The molecule has 2 aromatic rings. The van der Waals surface area contributed by atoms with Crippen molar-refractivity contribution in [3.05, 3.63) is 39.6 Å². The summed E-state index contributed by atoms with van der Waals surface area (Å²) in [6.45, 7) is 1.89. The fraction of sp³-hybridized carbons (Fsp3) is 0.333. The summed E-state index contributed by atoms with van der Waals surface area (Å²) in [7, 11) is 1.51. The van der Waals surface area contributed by atoms with E-state index in [1.807, 2.05) is 0 Å². The summed E-state index contributed by atoms with van der Waals surface area (Å²) in [6.07, 6.45) is 2.87. The fourth-order valence-corrected chi connectivity index (χ4v) is 2.22. The molecule has 1 unspecified atom stereocenters. The average Bonchev–Trinajstić information content (AvgIpc) is 2.39. The van der Waals surface area contributed by atoms with Crippen LogP contribution in [0.2, 0.25) is 5.15 Å².